The van der Waals surface area contributed by atoms with Crippen molar-refractivity contribution in [3.63, 3.8) is 0 Å². The lowest BCUT2D eigenvalue weighted by Crippen LogP contribution is -2.12. The SMILES string of the molecule is Cc1ccc(NC(=O)/C(C#N)=C\S)cc1. The number of thiol groups is 1. The summed E-state index contributed by atoms with van der Waals surface area (Å²) in [4.78, 5) is 11.4. The quantitative estimate of drug-likeness (QED) is 0.454. The lowest BCUT2D eigenvalue weighted by molar-refractivity contribution is -0.112. The molecule has 0 unspecified atom stereocenters. The van der Waals surface area contributed by atoms with Crippen LogP contribution in [0.2, 0.25) is 0 Å². The molecule has 76 valence electrons. The second kappa shape index (κ2) is 5.23. The van der Waals surface area contributed by atoms with Crippen molar-refractivity contribution in [3.05, 3.63) is 40.8 Å². The Bertz CT molecular complexity index is 429. The first-order valence-electron chi connectivity index (χ1n) is 4.30. The van der Waals surface area contributed by atoms with Crippen molar-refractivity contribution in [2.45, 2.75) is 6.92 Å². The Balaban J connectivity index is 2.76. The van der Waals surface area contributed by atoms with E-state index in [4.69, 9.17) is 5.26 Å². The van der Waals surface area contributed by atoms with Crippen LogP contribution in [-0.4, -0.2) is 5.91 Å². The molecule has 3 nitrogen and oxygen atoms in total. The summed E-state index contributed by atoms with van der Waals surface area (Å²) in [6.45, 7) is 1.96. The van der Waals surface area contributed by atoms with Crippen LogP contribution in [0, 0.1) is 18.3 Å². The smallest absolute Gasteiger partial charge is 0.266 e. The predicted octanol–water partition coefficient (Wildman–Crippen LogP) is 2.27. The molecule has 0 heterocycles. The van der Waals surface area contributed by atoms with Gasteiger partial charge in [0.1, 0.15) is 11.6 Å². The summed E-state index contributed by atoms with van der Waals surface area (Å²) in [5.74, 6) is -0.448. The fourth-order valence-electron chi connectivity index (χ4n) is 0.974. The number of nitrogens with one attached hydrogen (secondary N) is 1. The Kier molecular flexibility index (Phi) is 3.95. The number of carbonyl (C=O) groups excluding carboxylic acids is 1. The molecule has 0 saturated carbocycles. The number of hydrogen-bond donors (Lipinski definition) is 2. The molecule has 1 rings (SSSR count). The molecule has 0 spiro atoms. The number of hydrogen-bond acceptors (Lipinski definition) is 3. The highest BCUT2D eigenvalue weighted by Gasteiger charge is 2.07. The van der Waals surface area contributed by atoms with Crippen LogP contribution >= 0.6 is 12.6 Å². The zero-order chi connectivity index (χ0) is 11.3. The molecule has 1 N–H and O–H groups in total. The minimum Gasteiger partial charge on any atom is -0.321 e. The van der Waals surface area contributed by atoms with E-state index in [2.05, 4.69) is 17.9 Å². The number of nitrogens with zero attached hydrogens (tertiary/aromatic N) is 1. The lowest BCUT2D eigenvalue weighted by Gasteiger charge is -2.03. The largest absolute Gasteiger partial charge is 0.321 e. The Morgan fingerprint density at radius 3 is 2.53 bits per heavy atom. The van der Waals surface area contributed by atoms with Gasteiger partial charge in [0.15, 0.2) is 0 Å². The second-order valence-corrected chi connectivity index (χ2v) is 3.23. The zero-order valence-corrected chi connectivity index (χ0v) is 9.08. The normalized spacial score (nSPS) is 10.6. The summed E-state index contributed by atoms with van der Waals surface area (Å²) in [7, 11) is 0. The molecule has 0 aliphatic rings. The van der Waals surface area contributed by atoms with Crippen LogP contribution in [0.5, 0.6) is 0 Å². The molecule has 0 fully saturated rings. The van der Waals surface area contributed by atoms with Crippen molar-refractivity contribution in [2.24, 2.45) is 0 Å². The zero-order valence-electron chi connectivity index (χ0n) is 8.19. The number of amides is 1. The summed E-state index contributed by atoms with van der Waals surface area (Å²) in [5.41, 5.74) is 1.76. The third-order valence-corrected chi connectivity index (χ3v) is 2.06. The number of aryl methyl sites for hydroxylation is 1. The Morgan fingerprint density at radius 1 is 1.47 bits per heavy atom. The highest BCUT2D eigenvalue weighted by Crippen LogP contribution is 2.10. The van der Waals surface area contributed by atoms with Gasteiger partial charge in [0.2, 0.25) is 0 Å². The second-order valence-electron chi connectivity index (χ2n) is 2.97. The molecule has 0 aliphatic carbocycles. The van der Waals surface area contributed by atoms with Gasteiger partial charge in [-0.1, -0.05) is 17.7 Å². The van der Waals surface area contributed by atoms with E-state index >= 15 is 0 Å². The predicted molar refractivity (Wildman–Crippen MR) is 62.5 cm³/mol. The van der Waals surface area contributed by atoms with Crippen LogP contribution in [0.3, 0.4) is 0 Å². The number of rotatable bonds is 2. The van der Waals surface area contributed by atoms with Crippen LogP contribution < -0.4 is 5.32 Å². The van der Waals surface area contributed by atoms with Crippen molar-refractivity contribution >= 4 is 24.2 Å². The Hall–Kier alpha value is -1.73. The molecule has 1 aromatic rings. The van der Waals surface area contributed by atoms with Gasteiger partial charge in [-0.05, 0) is 24.5 Å². The molecule has 0 atom stereocenters. The lowest BCUT2D eigenvalue weighted by atomic mass is 10.2. The van der Waals surface area contributed by atoms with Gasteiger partial charge in [-0.3, -0.25) is 4.79 Å². The van der Waals surface area contributed by atoms with Gasteiger partial charge in [-0.25, -0.2) is 0 Å². The Morgan fingerprint density at radius 2 is 2.07 bits per heavy atom. The van der Waals surface area contributed by atoms with E-state index in [1.807, 2.05) is 19.1 Å². The number of anilines is 1. The van der Waals surface area contributed by atoms with Crippen molar-refractivity contribution in [3.8, 4) is 6.07 Å². The molecule has 0 radical (unpaired) electrons. The van der Waals surface area contributed by atoms with Gasteiger partial charge in [0.25, 0.3) is 5.91 Å². The summed E-state index contributed by atoms with van der Waals surface area (Å²) < 4.78 is 0. The van der Waals surface area contributed by atoms with Gasteiger partial charge in [0.05, 0.1) is 0 Å². The van der Waals surface area contributed by atoms with Gasteiger partial charge in [0, 0.05) is 5.69 Å². The molecule has 4 heteroatoms. The summed E-state index contributed by atoms with van der Waals surface area (Å²) >= 11 is 3.77. The highest BCUT2D eigenvalue weighted by molar-refractivity contribution is 7.83. The standard InChI is InChI=1S/C11H10N2OS/c1-8-2-4-10(5-3-8)13-11(14)9(6-12)7-15/h2-5,7,15H,1H3,(H,13,14)/b9-7-. The average Bonchev–Trinajstić information content (AvgIpc) is 2.23. The van der Waals surface area contributed by atoms with Gasteiger partial charge >= 0.3 is 0 Å². The van der Waals surface area contributed by atoms with Crippen LogP contribution in [0.15, 0.2) is 35.2 Å². The summed E-state index contributed by atoms with van der Waals surface area (Å²) in [6, 6.07) is 9.07. The van der Waals surface area contributed by atoms with Gasteiger partial charge < -0.3 is 5.32 Å². The monoisotopic (exact) mass is 218 g/mol. The Labute approximate surface area is 93.8 Å². The summed E-state index contributed by atoms with van der Waals surface area (Å²) in [6.07, 6.45) is 0. The molecule has 1 aromatic carbocycles. The van der Waals surface area contributed by atoms with Crippen LogP contribution in [-0.2, 0) is 4.79 Å². The van der Waals surface area contributed by atoms with E-state index in [1.54, 1.807) is 18.2 Å². The molecular weight excluding hydrogens is 208 g/mol. The average molecular weight is 218 g/mol. The maximum absolute atomic E-state index is 11.4. The molecule has 0 aromatic heterocycles. The molecule has 0 saturated heterocycles. The number of nitriles is 1. The first-order chi connectivity index (χ1) is 7.17. The fraction of sp³-hybridized carbons (Fsp3) is 0.0909. The maximum Gasteiger partial charge on any atom is 0.266 e. The molecule has 1 amide bonds. The third kappa shape index (κ3) is 3.15. The molecule has 15 heavy (non-hydrogen) atoms. The van der Waals surface area contributed by atoms with E-state index in [-0.39, 0.29) is 5.57 Å². The molecule has 0 bridgehead atoms. The third-order valence-electron chi connectivity index (χ3n) is 1.80. The van der Waals surface area contributed by atoms with E-state index < -0.39 is 5.91 Å². The molecular formula is C11H10N2OS. The maximum atomic E-state index is 11.4. The van der Waals surface area contributed by atoms with E-state index in [0.29, 0.717) is 5.69 Å². The fourth-order valence-corrected chi connectivity index (χ4v) is 1.15. The van der Waals surface area contributed by atoms with Crippen LogP contribution in [0.1, 0.15) is 5.56 Å². The van der Waals surface area contributed by atoms with Crippen LogP contribution in [0.4, 0.5) is 5.69 Å². The van der Waals surface area contributed by atoms with Crippen molar-refractivity contribution in [2.75, 3.05) is 5.32 Å². The van der Waals surface area contributed by atoms with Gasteiger partial charge in [-0.2, -0.15) is 5.26 Å². The van der Waals surface area contributed by atoms with E-state index in [1.165, 1.54) is 5.41 Å². The minimum absolute atomic E-state index is 0.0149. The first-order valence-corrected chi connectivity index (χ1v) is 4.81. The number of carbonyl (C=O) groups is 1. The summed E-state index contributed by atoms with van der Waals surface area (Å²) in [5, 5.41) is 12.4. The van der Waals surface area contributed by atoms with E-state index in [9.17, 15) is 4.79 Å². The van der Waals surface area contributed by atoms with Crippen molar-refractivity contribution in [1.82, 2.24) is 0 Å². The topological polar surface area (TPSA) is 52.9 Å². The first kappa shape index (κ1) is 11.3. The highest BCUT2D eigenvalue weighted by atomic mass is 32.1. The minimum atomic E-state index is -0.448. The molecule has 0 aliphatic heterocycles. The van der Waals surface area contributed by atoms with Crippen molar-refractivity contribution < 1.29 is 4.79 Å². The van der Waals surface area contributed by atoms with Crippen molar-refractivity contribution in [1.29, 1.82) is 5.26 Å². The van der Waals surface area contributed by atoms with E-state index in [0.717, 1.165) is 5.56 Å². The van der Waals surface area contributed by atoms with Crippen LogP contribution in [0.25, 0.3) is 0 Å². The van der Waals surface area contributed by atoms with Gasteiger partial charge in [-0.15, -0.1) is 12.6 Å². The number of benzene rings is 1.